The van der Waals surface area contributed by atoms with E-state index < -0.39 is 4.92 Å². The van der Waals surface area contributed by atoms with E-state index in [-0.39, 0.29) is 22.5 Å². The third-order valence-electron chi connectivity index (χ3n) is 1.92. The predicted octanol–water partition coefficient (Wildman–Crippen LogP) is 3.59. The lowest BCUT2D eigenvalue weighted by Gasteiger charge is -2.05. The van der Waals surface area contributed by atoms with Crippen LogP contribution in [0, 0.1) is 10.1 Å². The molecule has 92 valence electrons. The average Bonchev–Trinajstić information content (AvgIpc) is 2.34. The van der Waals surface area contributed by atoms with Gasteiger partial charge in [-0.2, -0.15) is 0 Å². The summed E-state index contributed by atoms with van der Waals surface area (Å²) >= 11 is 9.05. The number of hydrogen-bond acceptors (Lipinski definition) is 5. The van der Waals surface area contributed by atoms with Gasteiger partial charge in [0.1, 0.15) is 0 Å². The van der Waals surface area contributed by atoms with Gasteiger partial charge in [0.15, 0.2) is 5.75 Å². The second kappa shape index (κ2) is 5.28. The highest BCUT2D eigenvalue weighted by atomic mass is 79.9. The molecule has 0 aliphatic heterocycles. The van der Waals surface area contributed by atoms with Crippen molar-refractivity contribution in [3.63, 3.8) is 0 Å². The summed E-state index contributed by atoms with van der Waals surface area (Å²) in [4.78, 5) is 17.9. The van der Waals surface area contributed by atoms with Gasteiger partial charge >= 0.3 is 6.01 Å². The molecule has 0 atom stereocenters. The smallest absolute Gasteiger partial charge is 0.321 e. The third kappa shape index (κ3) is 2.93. The number of aromatic nitrogens is 2. The van der Waals surface area contributed by atoms with Crippen LogP contribution < -0.4 is 4.74 Å². The topological polar surface area (TPSA) is 78.2 Å². The molecule has 6 nitrogen and oxygen atoms in total. The Morgan fingerprint density at radius 3 is 2.61 bits per heavy atom. The number of halogens is 2. The predicted molar refractivity (Wildman–Crippen MR) is 67.9 cm³/mol. The van der Waals surface area contributed by atoms with Crippen LogP contribution in [0.15, 0.2) is 35.1 Å². The summed E-state index contributed by atoms with van der Waals surface area (Å²) < 4.78 is 5.97. The van der Waals surface area contributed by atoms with Crippen molar-refractivity contribution in [2.24, 2.45) is 0 Å². The molecular weight excluding hydrogens is 325 g/mol. The number of nitro benzene ring substituents is 1. The van der Waals surface area contributed by atoms with Gasteiger partial charge in [-0.25, -0.2) is 9.97 Å². The van der Waals surface area contributed by atoms with Crippen molar-refractivity contribution in [1.82, 2.24) is 9.97 Å². The highest BCUT2D eigenvalue weighted by Crippen LogP contribution is 2.31. The molecule has 0 unspecified atom stereocenters. The zero-order chi connectivity index (χ0) is 13.1. The maximum Gasteiger partial charge on any atom is 0.321 e. The van der Waals surface area contributed by atoms with E-state index in [9.17, 15) is 10.1 Å². The Hall–Kier alpha value is -1.73. The third-order valence-corrected chi connectivity index (χ3v) is 2.65. The molecule has 0 amide bonds. The van der Waals surface area contributed by atoms with Crippen molar-refractivity contribution in [2.45, 2.75) is 0 Å². The molecule has 0 aliphatic rings. The zero-order valence-corrected chi connectivity index (χ0v) is 11.1. The van der Waals surface area contributed by atoms with Crippen LogP contribution in [0.5, 0.6) is 11.8 Å². The molecule has 1 aromatic heterocycles. The first-order valence-electron chi connectivity index (χ1n) is 4.65. The Balaban J connectivity index is 2.30. The van der Waals surface area contributed by atoms with Crippen molar-refractivity contribution in [1.29, 1.82) is 0 Å². The number of nitro groups is 1. The van der Waals surface area contributed by atoms with Crippen LogP contribution >= 0.6 is 27.5 Å². The number of benzene rings is 1. The molecule has 0 spiro atoms. The minimum atomic E-state index is -0.536. The first-order chi connectivity index (χ1) is 8.56. The molecule has 1 aromatic carbocycles. The summed E-state index contributed by atoms with van der Waals surface area (Å²) in [5.74, 6) is 0.133. The molecular formula is C10H5BrClN3O3. The van der Waals surface area contributed by atoms with Gasteiger partial charge in [-0.3, -0.25) is 10.1 Å². The van der Waals surface area contributed by atoms with E-state index >= 15 is 0 Å². The van der Waals surface area contributed by atoms with Gasteiger partial charge in [0, 0.05) is 18.5 Å². The Labute approximate surface area is 115 Å². The monoisotopic (exact) mass is 329 g/mol. The molecule has 2 aromatic rings. The Kier molecular flexibility index (Phi) is 3.73. The van der Waals surface area contributed by atoms with E-state index in [1.54, 1.807) is 0 Å². The van der Waals surface area contributed by atoms with E-state index in [1.807, 2.05) is 0 Å². The van der Waals surface area contributed by atoms with Crippen molar-refractivity contribution < 1.29 is 9.66 Å². The van der Waals surface area contributed by atoms with Gasteiger partial charge in [0.2, 0.25) is 0 Å². The van der Waals surface area contributed by atoms with E-state index in [0.29, 0.717) is 4.47 Å². The minimum Gasteiger partial charge on any atom is -0.422 e. The second-order valence-corrected chi connectivity index (χ2v) is 4.48. The summed E-state index contributed by atoms with van der Waals surface area (Å²) in [7, 11) is 0. The fourth-order valence-corrected chi connectivity index (χ4v) is 1.50. The number of hydrogen-bond donors (Lipinski definition) is 0. The van der Waals surface area contributed by atoms with Gasteiger partial charge in [-0.05, 0) is 22.0 Å². The summed E-state index contributed by atoms with van der Waals surface area (Å²) in [6.45, 7) is 0. The van der Waals surface area contributed by atoms with E-state index in [0.717, 1.165) is 0 Å². The molecule has 8 heteroatoms. The number of ether oxygens (including phenoxy) is 1. The zero-order valence-electron chi connectivity index (χ0n) is 8.71. The molecule has 0 fully saturated rings. The fraction of sp³-hybridized carbons (Fsp3) is 0. The molecule has 2 rings (SSSR count). The Morgan fingerprint density at radius 1 is 1.33 bits per heavy atom. The highest BCUT2D eigenvalue weighted by Gasteiger charge is 2.12. The van der Waals surface area contributed by atoms with E-state index in [4.69, 9.17) is 16.3 Å². The Bertz CT molecular complexity index is 591. The SMILES string of the molecule is O=[N+]([O-])c1ccc(Cl)c(Oc2ncc(Br)cn2)c1. The van der Waals surface area contributed by atoms with Gasteiger partial charge in [0.05, 0.1) is 20.5 Å². The molecule has 0 N–H and O–H groups in total. The lowest BCUT2D eigenvalue weighted by Crippen LogP contribution is -1.93. The van der Waals surface area contributed by atoms with Crippen LogP contribution in [0.2, 0.25) is 5.02 Å². The summed E-state index contributed by atoms with van der Waals surface area (Å²) in [5, 5.41) is 10.9. The Morgan fingerprint density at radius 2 is 2.00 bits per heavy atom. The summed E-state index contributed by atoms with van der Waals surface area (Å²) in [5.41, 5.74) is -0.119. The number of rotatable bonds is 3. The number of non-ortho nitro benzene ring substituents is 1. The van der Waals surface area contributed by atoms with E-state index in [2.05, 4.69) is 25.9 Å². The molecule has 0 aliphatic carbocycles. The molecule has 0 radical (unpaired) electrons. The summed E-state index contributed by atoms with van der Waals surface area (Å²) in [6, 6.07) is 3.94. The maximum atomic E-state index is 10.6. The van der Waals surface area contributed by atoms with Gasteiger partial charge < -0.3 is 4.74 Å². The normalized spacial score (nSPS) is 10.1. The van der Waals surface area contributed by atoms with Crippen molar-refractivity contribution >= 4 is 33.2 Å². The lowest BCUT2D eigenvalue weighted by atomic mass is 10.3. The fourth-order valence-electron chi connectivity index (χ4n) is 1.14. The first kappa shape index (κ1) is 12.7. The van der Waals surface area contributed by atoms with Crippen molar-refractivity contribution in [3.8, 4) is 11.8 Å². The second-order valence-electron chi connectivity index (χ2n) is 3.16. The van der Waals surface area contributed by atoms with Crippen LogP contribution in [0.25, 0.3) is 0 Å². The lowest BCUT2D eigenvalue weighted by molar-refractivity contribution is -0.384. The average molecular weight is 331 g/mol. The maximum absolute atomic E-state index is 10.6. The molecule has 0 saturated heterocycles. The van der Waals surface area contributed by atoms with Gasteiger partial charge in [-0.1, -0.05) is 11.6 Å². The van der Waals surface area contributed by atoms with E-state index in [1.165, 1.54) is 30.6 Å². The van der Waals surface area contributed by atoms with Crippen LogP contribution in [-0.4, -0.2) is 14.9 Å². The van der Waals surface area contributed by atoms with Crippen LogP contribution in [-0.2, 0) is 0 Å². The van der Waals surface area contributed by atoms with Crippen molar-refractivity contribution in [3.05, 3.63) is 50.2 Å². The molecule has 18 heavy (non-hydrogen) atoms. The quantitative estimate of drug-likeness (QED) is 0.635. The van der Waals surface area contributed by atoms with Crippen LogP contribution in [0.4, 0.5) is 5.69 Å². The van der Waals surface area contributed by atoms with Crippen molar-refractivity contribution in [2.75, 3.05) is 0 Å². The first-order valence-corrected chi connectivity index (χ1v) is 5.82. The summed E-state index contributed by atoms with van der Waals surface area (Å²) in [6.07, 6.45) is 2.99. The number of nitrogens with zero attached hydrogens (tertiary/aromatic N) is 3. The van der Waals surface area contributed by atoms with Gasteiger partial charge in [0.25, 0.3) is 5.69 Å². The van der Waals surface area contributed by atoms with Crippen LogP contribution in [0.3, 0.4) is 0 Å². The largest absolute Gasteiger partial charge is 0.422 e. The molecule has 0 saturated carbocycles. The molecule has 1 heterocycles. The van der Waals surface area contributed by atoms with Gasteiger partial charge in [-0.15, -0.1) is 0 Å². The standard InChI is InChI=1S/C10H5BrClN3O3/c11-6-4-13-10(14-5-6)18-9-3-7(15(16)17)1-2-8(9)12/h1-5H. The molecule has 0 bridgehead atoms. The highest BCUT2D eigenvalue weighted by molar-refractivity contribution is 9.10. The minimum absolute atomic E-state index is 0.0561. The van der Waals surface area contributed by atoms with Crippen LogP contribution in [0.1, 0.15) is 0 Å².